The van der Waals surface area contributed by atoms with E-state index in [1.54, 1.807) is 11.8 Å². The summed E-state index contributed by atoms with van der Waals surface area (Å²) >= 11 is 1.71. The molecule has 1 aromatic carbocycles. The Balaban J connectivity index is 1.72. The van der Waals surface area contributed by atoms with Crippen LogP contribution in [0.5, 0.6) is 0 Å². The van der Waals surface area contributed by atoms with Crippen LogP contribution in [0.4, 0.5) is 11.4 Å². The topological polar surface area (TPSA) is 70.2 Å². The maximum Gasteiger partial charge on any atom is 0.242 e. The van der Waals surface area contributed by atoms with E-state index in [-0.39, 0.29) is 17.9 Å². The van der Waals surface area contributed by atoms with Crippen LogP contribution >= 0.6 is 11.8 Å². The molecular weight excluding hydrogens is 250 g/mol. The van der Waals surface area contributed by atoms with Crippen LogP contribution in [0.25, 0.3) is 0 Å². The van der Waals surface area contributed by atoms with Crippen molar-refractivity contribution in [2.24, 2.45) is 0 Å². The second kappa shape index (κ2) is 4.62. The molecule has 18 heavy (non-hydrogen) atoms. The van der Waals surface area contributed by atoms with Crippen LogP contribution in [0, 0.1) is 0 Å². The largest absolute Gasteiger partial charge is 0.326 e. The van der Waals surface area contributed by atoms with Gasteiger partial charge in [0.05, 0.1) is 12.5 Å². The maximum absolute atomic E-state index is 11.9. The van der Waals surface area contributed by atoms with Crippen molar-refractivity contribution in [1.82, 2.24) is 5.32 Å². The lowest BCUT2D eigenvalue weighted by atomic mass is 10.1. The summed E-state index contributed by atoms with van der Waals surface area (Å²) in [4.78, 5) is 23.1. The normalized spacial score (nSPS) is 21.6. The third kappa shape index (κ3) is 2.21. The molecule has 94 valence electrons. The SMILES string of the molecule is O=C1Cc2cc(NC(=O)C3CSCN3)ccc2N1. The van der Waals surface area contributed by atoms with Crippen molar-refractivity contribution in [3.8, 4) is 0 Å². The lowest BCUT2D eigenvalue weighted by Crippen LogP contribution is -2.37. The van der Waals surface area contributed by atoms with Crippen molar-refractivity contribution >= 4 is 35.0 Å². The molecule has 1 saturated heterocycles. The summed E-state index contributed by atoms with van der Waals surface area (Å²) in [6, 6.07) is 5.37. The van der Waals surface area contributed by atoms with Gasteiger partial charge in [-0.25, -0.2) is 0 Å². The average molecular weight is 263 g/mol. The predicted molar refractivity (Wildman–Crippen MR) is 71.7 cm³/mol. The molecule has 0 aromatic heterocycles. The molecule has 0 saturated carbocycles. The Morgan fingerprint density at radius 1 is 1.44 bits per heavy atom. The van der Waals surface area contributed by atoms with E-state index in [9.17, 15) is 9.59 Å². The number of fused-ring (bicyclic) bond motifs is 1. The van der Waals surface area contributed by atoms with Gasteiger partial charge in [0.2, 0.25) is 11.8 Å². The molecule has 0 spiro atoms. The van der Waals surface area contributed by atoms with Gasteiger partial charge in [-0.3, -0.25) is 14.9 Å². The maximum atomic E-state index is 11.9. The van der Waals surface area contributed by atoms with Gasteiger partial charge in [-0.05, 0) is 23.8 Å². The highest BCUT2D eigenvalue weighted by molar-refractivity contribution is 7.99. The molecule has 2 heterocycles. The van der Waals surface area contributed by atoms with Gasteiger partial charge in [0.25, 0.3) is 0 Å². The molecule has 6 heteroatoms. The number of hydrogen-bond acceptors (Lipinski definition) is 4. The number of thioether (sulfide) groups is 1. The van der Waals surface area contributed by atoms with Crippen molar-refractivity contribution in [2.75, 3.05) is 22.3 Å². The minimum Gasteiger partial charge on any atom is -0.326 e. The van der Waals surface area contributed by atoms with Gasteiger partial charge in [0.1, 0.15) is 0 Å². The van der Waals surface area contributed by atoms with E-state index < -0.39 is 0 Å². The van der Waals surface area contributed by atoms with Crippen LogP contribution in [0.2, 0.25) is 0 Å². The average Bonchev–Trinajstić information content (AvgIpc) is 2.95. The quantitative estimate of drug-likeness (QED) is 0.737. The Morgan fingerprint density at radius 2 is 2.33 bits per heavy atom. The lowest BCUT2D eigenvalue weighted by molar-refractivity contribution is -0.117. The first kappa shape index (κ1) is 11.6. The van der Waals surface area contributed by atoms with E-state index in [2.05, 4.69) is 16.0 Å². The third-order valence-electron chi connectivity index (χ3n) is 3.03. The van der Waals surface area contributed by atoms with Crippen LogP contribution in [0.15, 0.2) is 18.2 Å². The molecule has 2 amide bonds. The number of nitrogens with one attached hydrogen (secondary N) is 3. The van der Waals surface area contributed by atoms with Gasteiger partial charge in [-0.15, -0.1) is 11.8 Å². The second-order valence-electron chi connectivity index (χ2n) is 4.36. The first-order valence-electron chi connectivity index (χ1n) is 5.77. The second-order valence-corrected chi connectivity index (χ2v) is 5.39. The van der Waals surface area contributed by atoms with Crippen molar-refractivity contribution in [1.29, 1.82) is 0 Å². The van der Waals surface area contributed by atoms with Gasteiger partial charge in [-0.1, -0.05) is 0 Å². The smallest absolute Gasteiger partial charge is 0.242 e. The van der Waals surface area contributed by atoms with E-state index in [1.807, 2.05) is 18.2 Å². The van der Waals surface area contributed by atoms with Gasteiger partial charge < -0.3 is 10.6 Å². The molecule has 1 fully saturated rings. The fourth-order valence-corrected chi connectivity index (χ4v) is 3.04. The molecule has 1 aromatic rings. The molecule has 1 atom stereocenters. The van der Waals surface area contributed by atoms with E-state index in [4.69, 9.17) is 0 Å². The van der Waals surface area contributed by atoms with Crippen molar-refractivity contribution < 1.29 is 9.59 Å². The van der Waals surface area contributed by atoms with Gasteiger partial charge in [-0.2, -0.15) is 0 Å². The summed E-state index contributed by atoms with van der Waals surface area (Å²) in [6.45, 7) is 0. The Morgan fingerprint density at radius 3 is 3.11 bits per heavy atom. The molecule has 2 aliphatic heterocycles. The Hall–Kier alpha value is -1.53. The highest BCUT2D eigenvalue weighted by atomic mass is 32.2. The van der Waals surface area contributed by atoms with Crippen LogP contribution in [-0.2, 0) is 16.0 Å². The number of anilines is 2. The number of rotatable bonds is 2. The number of carbonyl (C=O) groups excluding carboxylic acids is 2. The minimum atomic E-state index is -0.122. The van der Waals surface area contributed by atoms with Crippen LogP contribution in [0.1, 0.15) is 5.56 Å². The summed E-state index contributed by atoms with van der Waals surface area (Å²) in [5.74, 6) is 1.61. The molecule has 5 nitrogen and oxygen atoms in total. The van der Waals surface area contributed by atoms with Gasteiger partial charge in [0, 0.05) is 23.0 Å². The first-order valence-corrected chi connectivity index (χ1v) is 6.92. The summed E-state index contributed by atoms with van der Waals surface area (Å²) in [6.07, 6.45) is 0.385. The molecular formula is C12H13N3O2S. The van der Waals surface area contributed by atoms with Crippen LogP contribution in [0.3, 0.4) is 0 Å². The molecule has 1 unspecified atom stereocenters. The minimum absolute atomic E-state index is 0.00216. The Labute approximate surface area is 109 Å². The monoisotopic (exact) mass is 263 g/mol. The summed E-state index contributed by atoms with van der Waals surface area (Å²) < 4.78 is 0. The van der Waals surface area contributed by atoms with Crippen molar-refractivity contribution in [3.05, 3.63) is 23.8 Å². The Kier molecular flexibility index (Phi) is 2.97. The van der Waals surface area contributed by atoms with Gasteiger partial charge in [0.15, 0.2) is 0 Å². The zero-order chi connectivity index (χ0) is 12.5. The standard InChI is InChI=1S/C12H13N3O2S/c16-11-4-7-3-8(1-2-9(7)15-11)14-12(17)10-5-18-6-13-10/h1-3,10,13H,4-6H2,(H,14,17)(H,15,16). The van der Waals surface area contributed by atoms with E-state index in [1.165, 1.54) is 0 Å². The van der Waals surface area contributed by atoms with E-state index in [0.717, 1.165) is 28.6 Å². The zero-order valence-corrected chi connectivity index (χ0v) is 10.5. The van der Waals surface area contributed by atoms with Crippen LogP contribution < -0.4 is 16.0 Å². The summed E-state index contributed by atoms with van der Waals surface area (Å²) in [5, 5.41) is 8.76. The summed E-state index contributed by atoms with van der Waals surface area (Å²) in [5.41, 5.74) is 2.52. The van der Waals surface area contributed by atoms with Crippen molar-refractivity contribution in [2.45, 2.75) is 12.5 Å². The van der Waals surface area contributed by atoms with E-state index in [0.29, 0.717) is 6.42 Å². The molecule has 2 aliphatic rings. The fourth-order valence-electron chi connectivity index (χ4n) is 2.10. The number of carbonyl (C=O) groups is 2. The molecule has 0 bridgehead atoms. The fraction of sp³-hybridized carbons (Fsp3) is 0.333. The molecule has 3 N–H and O–H groups in total. The van der Waals surface area contributed by atoms with Crippen LogP contribution in [-0.4, -0.2) is 29.5 Å². The zero-order valence-electron chi connectivity index (χ0n) is 9.66. The molecule has 3 rings (SSSR count). The number of amides is 2. The van der Waals surface area contributed by atoms with Gasteiger partial charge >= 0.3 is 0 Å². The highest BCUT2D eigenvalue weighted by Gasteiger charge is 2.23. The van der Waals surface area contributed by atoms with E-state index >= 15 is 0 Å². The number of hydrogen-bond donors (Lipinski definition) is 3. The highest BCUT2D eigenvalue weighted by Crippen LogP contribution is 2.26. The predicted octanol–water partition coefficient (Wildman–Crippen LogP) is 0.782. The molecule has 0 radical (unpaired) electrons. The van der Waals surface area contributed by atoms with Crippen molar-refractivity contribution in [3.63, 3.8) is 0 Å². The third-order valence-corrected chi connectivity index (χ3v) is 3.97. The first-order chi connectivity index (χ1) is 8.72. The molecule has 0 aliphatic carbocycles. The number of benzene rings is 1. The Bertz CT molecular complexity index is 512. The lowest BCUT2D eigenvalue weighted by Gasteiger charge is -2.11. The summed E-state index contributed by atoms with van der Waals surface area (Å²) in [7, 11) is 0.